The third-order valence-corrected chi connectivity index (χ3v) is 1.64. The molecule has 2 rings (SSSR count). The highest BCUT2D eigenvalue weighted by atomic mass is 19.4. The number of alkyl halides is 3. The molecule has 0 atom stereocenters. The SMILES string of the molecule is NNc1nccn2nc(C(F)(F)F)nc12. The van der Waals surface area contributed by atoms with Crippen LogP contribution in [0, 0.1) is 0 Å². The van der Waals surface area contributed by atoms with Gasteiger partial charge in [0.1, 0.15) is 0 Å². The van der Waals surface area contributed by atoms with Crippen LogP contribution in [0.2, 0.25) is 0 Å². The molecule has 0 saturated carbocycles. The van der Waals surface area contributed by atoms with Gasteiger partial charge in [0.15, 0.2) is 11.5 Å². The molecule has 6 nitrogen and oxygen atoms in total. The summed E-state index contributed by atoms with van der Waals surface area (Å²) in [5, 5.41) is 3.24. The Hall–Kier alpha value is -1.90. The lowest BCUT2D eigenvalue weighted by Crippen LogP contribution is -2.10. The normalized spacial score (nSPS) is 12.0. The van der Waals surface area contributed by atoms with E-state index < -0.39 is 12.0 Å². The summed E-state index contributed by atoms with van der Waals surface area (Å²) in [6.45, 7) is 0. The fourth-order valence-electron chi connectivity index (χ4n) is 1.04. The van der Waals surface area contributed by atoms with Gasteiger partial charge in [-0.25, -0.2) is 15.3 Å². The molecule has 0 saturated heterocycles. The van der Waals surface area contributed by atoms with Crippen LogP contribution in [0.15, 0.2) is 12.4 Å². The highest BCUT2D eigenvalue weighted by Crippen LogP contribution is 2.27. The average Bonchev–Trinajstić information content (AvgIpc) is 2.59. The van der Waals surface area contributed by atoms with Crippen LogP contribution in [0.5, 0.6) is 0 Å². The molecule has 0 aliphatic heterocycles. The summed E-state index contributed by atoms with van der Waals surface area (Å²) in [6, 6.07) is 0. The number of anilines is 1. The summed E-state index contributed by atoms with van der Waals surface area (Å²) in [7, 11) is 0. The van der Waals surface area contributed by atoms with Crippen LogP contribution in [0.3, 0.4) is 0 Å². The van der Waals surface area contributed by atoms with E-state index in [9.17, 15) is 13.2 Å². The van der Waals surface area contributed by atoms with Gasteiger partial charge >= 0.3 is 6.18 Å². The molecule has 0 amide bonds. The Morgan fingerprint density at radius 1 is 1.40 bits per heavy atom. The molecule has 80 valence electrons. The van der Waals surface area contributed by atoms with Gasteiger partial charge in [0, 0.05) is 12.4 Å². The maximum atomic E-state index is 12.3. The summed E-state index contributed by atoms with van der Waals surface area (Å²) >= 11 is 0. The van der Waals surface area contributed by atoms with Crippen molar-refractivity contribution in [2.24, 2.45) is 5.84 Å². The lowest BCUT2D eigenvalue weighted by atomic mass is 10.6. The van der Waals surface area contributed by atoms with Crippen LogP contribution >= 0.6 is 0 Å². The number of rotatable bonds is 1. The first-order valence-corrected chi connectivity index (χ1v) is 3.77. The van der Waals surface area contributed by atoms with E-state index in [1.54, 1.807) is 0 Å². The second-order valence-corrected chi connectivity index (χ2v) is 2.62. The number of nitrogens with two attached hydrogens (primary N) is 1. The standard InChI is InChI=1S/C6H5F3N6/c7-6(8,9)5-12-4-3(13-10)11-1-2-15(4)14-5/h1-2H,10H2,(H,11,13). The van der Waals surface area contributed by atoms with Gasteiger partial charge in [0.05, 0.1) is 0 Å². The molecule has 15 heavy (non-hydrogen) atoms. The van der Waals surface area contributed by atoms with Crippen molar-refractivity contribution in [3.8, 4) is 0 Å². The Balaban J connectivity index is 2.65. The molecule has 9 heteroatoms. The first-order chi connectivity index (χ1) is 7.02. The van der Waals surface area contributed by atoms with Crippen LogP contribution in [0.1, 0.15) is 5.82 Å². The number of halogens is 3. The van der Waals surface area contributed by atoms with Gasteiger partial charge in [-0.1, -0.05) is 0 Å². The van der Waals surface area contributed by atoms with E-state index in [4.69, 9.17) is 5.84 Å². The van der Waals surface area contributed by atoms with E-state index >= 15 is 0 Å². The van der Waals surface area contributed by atoms with Crippen molar-refractivity contribution >= 4 is 11.5 Å². The fraction of sp³-hybridized carbons (Fsp3) is 0.167. The Kier molecular flexibility index (Phi) is 1.96. The van der Waals surface area contributed by atoms with Crippen molar-refractivity contribution in [3.05, 3.63) is 18.2 Å². The average molecular weight is 218 g/mol. The number of hydrogen-bond acceptors (Lipinski definition) is 5. The quantitative estimate of drug-likeness (QED) is 0.535. The second kappa shape index (κ2) is 3.05. The van der Waals surface area contributed by atoms with Crippen molar-refractivity contribution in [2.45, 2.75) is 6.18 Å². The highest BCUT2D eigenvalue weighted by molar-refractivity contribution is 5.60. The summed E-state index contributed by atoms with van der Waals surface area (Å²) < 4.78 is 37.7. The van der Waals surface area contributed by atoms with Crippen molar-refractivity contribution in [1.29, 1.82) is 0 Å². The Labute approximate surface area is 80.9 Å². The van der Waals surface area contributed by atoms with Gasteiger partial charge in [0.25, 0.3) is 5.82 Å². The number of nitrogens with one attached hydrogen (secondary N) is 1. The van der Waals surface area contributed by atoms with Gasteiger partial charge in [-0.15, -0.1) is 5.10 Å². The zero-order valence-corrected chi connectivity index (χ0v) is 7.15. The third kappa shape index (κ3) is 1.56. The van der Waals surface area contributed by atoms with Crippen molar-refractivity contribution in [1.82, 2.24) is 19.6 Å². The predicted octanol–water partition coefficient (Wildman–Crippen LogP) is 0.429. The van der Waals surface area contributed by atoms with E-state index in [0.717, 1.165) is 4.52 Å². The molecule has 0 aliphatic rings. The van der Waals surface area contributed by atoms with E-state index in [-0.39, 0.29) is 11.5 Å². The lowest BCUT2D eigenvalue weighted by Gasteiger charge is -1.97. The monoisotopic (exact) mass is 218 g/mol. The second-order valence-electron chi connectivity index (χ2n) is 2.62. The molecule has 0 radical (unpaired) electrons. The largest absolute Gasteiger partial charge is 0.453 e. The maximum Gasteiger partial charge on any atom is 0.453 e. The van der Waals surface area contributed by atoms with Gasteiger partial charge in [0.2, 0.25) is 0 Å². The van der Waals surface area contributed by atoms with Crippen molar-refractivity contribution < 1.29 is 13.2 Å². The summed E-state index contributed by atoms with van der Waals surface area (Å²) in [5.41, 5.74) is 2.06. The van der Waals surface area contributed by atoms with E-state index in [1.807, 2.05) is 0 Å². The van der Waals surface area contributed by atoms with Gasteiger partial charge in [-0.3, -0.25) is 0 Å². The minimum atomic E-state index is -4.59. The number of nitrogens with zero attached hydrogens (tertiary/aromatic N) is 4. The Bertz CT molecular complexity index is 489. The summed E-state index contributed by atoms with van der Waals surface area (Å²) in [5.74, 6) is 3.86. The molecule has 0 bridgehead atoms. The summed E-state index contributed by atoms with van der Waals surface area (Å²) in [6.07, 6.45) is -2.08. The molecule has 2 aromatic rings. The van der Waals surface area contributed by atoms with Crippen molar-refractivity contribution in [3.63, 3.8) is 0 Å². The van der Waals surface area contributed by atoms with E-state index in [0.29, 0.717) is 0 Å². The molecule has 2 aromatic heterocycles. The molecule has 0 aliphatic carbocycles. The number of nitrogen functional groups attached to an aromatic ring is 1. The minimum absolute atomic E-state index is 0.0282. The zero-order chi connectivity index (χ0) is 11.1. The van der Waals surface area contributed by atoms with Crippen LogP contribution in [0.4, 0.5) is 19.0 Å². The molecular weight excluding hydrogens is 213 g/mol. The first-order valence-electron chi connectivity index (χ1n) is 3.77. The lowest BCUT2D eigenvalue weighted by molar-refractivity contribution is -0.144. The Morgan fingerprint density at radius 3 is 2.73 bits per heavy atom. The number of hydrazine groups is 1. The van der Waals surface area contributed by atoms with Crippen LogP contribution in [-0.4, -0.2) is 19.6 Å². The number of hydrogen-bond donors (Lipinski definition) is 2. The molecule has 0 spiro atoms. The third-order valence-electron chi connectivity index (χ3n) is 1.64. The molecule has 0 unspecified atom stereocenters. The van der Waals surface area contributed by atoms with E-state index in [1.165, 1.54) is 12.4 Å². The molecule has 2 heterocycles. The van der Waals surface area contributed by atoms with Crippen LogP contribution in [-0.2, 0) is 6.18 Å². The molecule has 3 N–H and O–H groups in total. The smallest absolute Gasteiger partial charge is 0.305 e. The fourth-order valence-corrected chi connectivity index (χ4v) is 1.04. The highest BCUT2D eigenvalue weighted by Gasteiger charge is 2.36. The molecule has 0 fully saturated rings. The van der Waals surface area contributed by atoms with E-state index in [2.05, 4.69) is 20.5 Å². The van der Waals surface area contributed by atoms with Gasteiger partial charge in [-0.2, -0.15) is 18.2 Å². The maximum absolute atomic E-state index is 12.3. The van der Waals surface area contributed by atoms with Gasteiger partial charge < -0.3 is 5.43 Å². The first kappa shape index (κ1) is 9.65. The van der Waals surface area contributed by atoms with Gasteiger partial charge in [-0.05, 0) is 0 Å². The molecule has 0 aromatic carbocycles. The van der Waals surface area contributed by atoms with Crippen LogP contribution in [0.25, 0.3) is 5.65 Å². The topological polar surface area (TPSA) is 81.1 Å². The number of fused-ring (bicyclic) bond motifs is 1. The number of aromatic nitrogens is 4. The van der Waals surface area contributed by atoms with Crippen LogP contribution < -0.4 is 11.3 Å². The summed E-state index contributed by atoms with van der Waals surface area (Å²) in [4.78, 5) is 6.97. The zero-order valence-electron chi connectivity index (χ0n) is 7.15. The molecular formula is C6H5F3N6. The van der Waals surface area contributed by atoms with Crippen molar-refractivity contribution in [2.75, 3.05) is 5.43 Å². The Morgan fingerprint density at radius 2 is 2.13 bits per heavy atom. The minimum Gasteiger partial charge on any atom is -0.305 e. The predicted molar refractivity (Wildman–Crippen MR) is 43.6 cm³/mol.